The van der Waals surface area contributed by atoms with Crippen molar-refractivity contribution in [3.63, 3.8) is 0 Å². The lowest BCUT2D eigenvalue weighted by atomic mass is 10.2. The van der Waals surface area contributed by atoms with E-state index in [1.54, 1.807) is 12.1 Å². The zero-order chi connectivity index (χ0) is 10.3. The van der Waals surface area contributed by atoms with E-state index in [4.69, 9.17) is 16.7 Å². The van der Waals surface area contributed by atoms with Crippen molar-refractivity contribution in [3.05, 3.63) is 35.0 Å². The Morgan fingerprint density at radius 1 is 1.50 bits per heavy atom. The van der Waals surface area contributed by atoms with Crippen molar-refractivity contribution in [1.82, 2.24) is 4.57 Å². The van der Waals surface area contributed by atoms with Gasteiger partial charge in [0.1, 0.15) is 0 Å². The molecule has 2 rings (SSSR count). The summed E-state index contributed by atoms with van der Waals surface area (Å²) in [6.07, 6.45) is 0.517. The van der Waals surface area contributed by atoms with Crippen LogP contribution in [0, 0.1) is 6.92 Å². The minimum Gasteiger partial charge on any atom is -0.464 e. The zero-order valence-electron chi connectivity index (χ0n) is 7.49. The molecule has 4 heteroatoms. The summed E-state index contributed by atoms with van der Waals surface area (Å²) in [5.74, 6) is 0. The van der Waals surface area contributed by atoms with Gasteiger partial charge < -0.3 is 5.11 Å². The Labute approximate surface area is 85.5 Å². The highest BCUT2D eigenvalue weighted by Gasteiger charge is 2.08. The van der Waals surface area contributed by atoms with Crippen LogP contribution in [-0.4, -0.2) is 15.8 Å². The van der Waals surface area contributed by atoms with E-state index in [0.29, 0.717) is 10.5 Å². The summed E-state index contributed by atoms with van der Waals surface area (Å²) in [6, 6.07) is 5.30. The summed E-state index contributed by atoms with van der Waals surface area (Å²) in [4.78, 5) is 10.8. The van der Waals surface area contributed by atoms with Crippen LogP contribution in [0.5, 0.6) is 0 Å². The molecule has 0 amide bonds. The van der Waals surface area contributed by atoms with Gasteiger partial charge in [-0.15, -0.1) is 0 Å². The van der Waals surface area contributed by atoms with Crippen molar-refractivity contribution in [2.24, 2.45) is 0 Å². The summed E-state index contributed by atoms with van der Waals surface area (Å²) in [6.45, 7) is 1.89. The second-order valence-corrected chi connectivity index (χ2v) is 3.54. The van der Waals surface area contributed by atoms with Crippen LogP contribution in [0.3, 0.4) is 0 Å². The van der Waals surface area contributed by atoms with E-state index in [2.05, 4.69) is 0 Å². The normalized spacial score (nSPS) is 10.7. The lowest BCUT2D eigenvalue weighted by Crippen LogP contribution is -2.05. The molecule has 0 fully saturated rings. The van der Waals surface area contributed by atoms with E-state index < -0.39 is 6.09 Å². The first-order valence-electron chi connectivity index (χ1n) is 4.10. The summed E-state index contributed by atoms with van der Waals surface area (Å²) in [5, 5.41) is 10.3. The van der Waals surface area contributed by atoms with Crippen LogP contribution >= 0.6 is 11.6 Å². The number of rotatable bonds is 0. The number of hydrogen-bond acceptors (Lipinski definition) is 1. The summed E-state index contributed by atoms with van der Waals surface area (Å²) >= 11 is 5.91. The fraction of sp³-hybridized carbons (Fsp3) is 0.100. The van der Waals surface area contributed by atoms with Crippen molar-refractivity contribution >= 4 is 28.6 Å². The number of hydrogen-bond donors (Lipinski definition) is 1. The van der Waals surface area contributed by atoms with Crippen molar-refractivity contribution in [1.29, 1.82) is 0 Å². The number of aromatic nitrogens is 1. The van der Waals surface area contributed by atoms with Crippen LogP contribution in [0.2, 0.25) is 5.02 Å². The highest BCUT2D eigenvalue weighted by atomic mass is 35.5. The molecule has 72 valence electrons. The van der Waals surface area contributed by atoms with Crippen LogP contribution in [0.4, 0.5) is 4.79 Å². The molecule has 0 aliphatic heterocycles. The average Bonchev–Trinajstić information content (AvgIpc) is 2.48. The highest BCUT2D eigenvalue weighted by molar-refractivity contribution is 6.32. The van der Waals surface area contributed by atoms with Gasteiger partial charge in [-0.3, -0.25) is 4.57 Å². The third-order valence-electron chi connectivity index (χ3n) is 2.18. The first kappa shape index (κ1) is 9.09. The third kappa shape index (κ3) is 1.26. The van der Waals surface area contributed by atoms with E-state index in [1.807, 2.05) is 13.0 Å². The molecule has 0 bridgehead atoms. The SMILES string of the molecule is Cc1cc2ccn(C(=O)O)c2cc1Cl. The Kier molecular flexibility index (Phi) is 1.97. The number of halogens is 1. The number of benzene rings is 1. The zero-order valence-corrected chi connectivity index (χ0v) is 8.25. The Balaban J connectivity index is 2.80. The molecule has 1 heterocycles. The Morgan fingerprint density at radius 3 is 2.86 bits per heavy atom. The quantitative estimate of drug-likeness (QED) is 0.724. The van der Waals surface area contributed by atoms with E-state index in [0.717, 1.165) is 15.5 Å². The summed E-state index contributed by atoms with van der Waals surface area (Å²) in [7, 11) is 0. The fourth-order valence-corrected chi connectivity index (χ4v) is 1.60. The van der Waals surface area contributed by atoms with E-state index in [1.165, 1.54) is 6.20 Å². The van der Waals surface area contributed by atoms with Gasteiger partial charge in [0.15, 0.2) is 0 Å². The molecule has 14 heavy (non-hydrogen) atoms. The summed E-state index contributed by atoms with van der Waals surface area (Å²) in [5.41, 5.74) is 1.57. The molecular formula is C10H8ClNO2. The minimum absolute atomic E-state index is 0.582. The third-order valence-corrected chi connectivity index (χ3v) is 2.58. The van der Waals surface area contributed by atoms with Gasteiger partial charge in [-0.05, 0) is 30.7 Å². The molecule has 0 aliphatic rings. The predicted octanol–water partition coefficient (Wildman–Crippen LogP) is 3.13. The molecule has 1 aromatic carbocycles. The van der Waals surface area contributed by atoms with Gasteiger partial charge in [-0.25, -0.2) is 4.79 Å². The molecule has 2 aromatic rings. The second kappa shape index (κ2) is 3.03. The van der Waals surface area contributed by atoms with E-state index in [-0.39, 0.29) is 0 Å². The molecule has 0 aliphatic carbocycles. The Morgan fingerprint density at radius 2 is 2.21 bits per heavy atom. The molecule has 3 nitrogen and oxygen atoms in total. The molecule has 0 radical (unpaired) electrons. The monoisotopic (exact) mass is 209 g/mol. The van der Waals surface area contributed by atoms with Gasteiger partial charge in [-0.1, -0.05) is 11.6 Å². The molecule has 0 atom stereocenters. The van der Waals surface area contributed by atoms with Crippen molar-refractivity contribution in [2.75, 3.05) is 0 Å². The van der Waals surface area contributed by atoms with Crippen LogP contribution in [-0.2, 0) is 0 Å². The molecule has 0 unspecified atom stereocenters. The fourth-order valence-electron chi connectivity index (χ4n) is 1.44. The van der Waals surface area contributed by atoms with Crippen molar-refractivity contribution < 1.29 is 9.90 Å². The maximum absolute atomic E-state index is 10.8. The first-order chi connectivity index (χ1) is 6.59. The maximum Gasteiger partial charge on any atom is 0.416 e. The molecule has 0 saturated carbocycles. The van der Waals surface area contributed by atoms with E-state index in [9.17, 15) is 4.79 Å². The number of aryl methyl sites for hydroxylation is 1. The lowest BCUT2D eigenvalue weighted by Gasteiger charge is -2.00. The lowest BCUT2D eigenvalue weighted by molar-refractivity contribution is 0.197. The van der Waals surface area contributed by atoms with Gasteiger partial charge in [0.25, 0.3) is 0 Å². The predicted molar refractivity (Wildman–Crippen MR) is 55.1 cm³/mol. The molecule has 0 spiro atoms. The number of carbonyl (C=O) groups is 1. The first-order valence-corrected chi connectivity index (χ1v) is 4.48. The second-order valence-electron chi connectivity index (χ2n) is 3.13. The van der Waals surface area contributed by atoms with Gasteiger partial charge >= 0.3 is 6.09 Å². The average molecular weight is 210 g/mol. The Bertz CT molecular complexity index is 516. The molecular weight excluding hydrogens is 202 g/mol. The number of carboxylic acid groups (broad SMARTS) is 1. The van der Waals surface area contributed by atoms with Gasteiger partial charge in [0, 0.05) is 16.6 Å². The molecule has 1 N–H and O–H groups in total. The molecule has 1 aromatic heterocycles. The topological polar surface area (TPSA) is 42.2 Å². The molecule has 0 saturated heterocycles. The van der Waals surface area contributed by atoms with Crippen LogP contribution in [0.15, 0.2) is 24.4 Å². The van der Waals surface area contributed by atoms with Crippen LogP contribution in [0.1, 0.15) is 5.56 Å². The highest BCUT2D eigenvalue weighted by Crippen LogP contribution is 2.24. The van der Waals surface area contributed by atoms with Crippen molar-refractivity contribution in [3.8, 4) is 0 Å². The standard InChI is InChI=1S/C10H8ClNO2/c1-6-4-7-2-3-12(10(13)14)9(7)5-8(6)11/h2-5H,1H3,(H,13,14). The minimum atomic E-state index is -1.00. The maximum atomic E-state index is 10.8. The van der Waals surface area contributed by atoms with Crippen LogP contribution in [0.25, 0.3) is 10.9 Å². The van der Waals surface area contributed by atoms with Gasteiger partial charge in [0.05, 0.1) is 5.52 Å². The largest absolute Gasteiger partial charge is 0.464 e. The van der Waals surface area contributed by atoms with E-state index >= 15 is 0 Å². The number of fused-ring (bicyclic) bond motifs is 1. The van der Waals surface area contributed by atoms with Crippen molar-refractivity contribution in [2.45, 2.75) is 6.92 Å². The van der Waals surface area contributed by atoms with Crippen LogP contribution < -0.4 is 0 Å². The van der Waals surface area contributed by atoms with Gasteiger partial charge in [0.2, 0.25) is 0 Å². The van der Waals surface area contributed by atoms with Gasteiger partial charge in [-0.2, -0.15) is 0 Å². The number of nitrogens with zero attached hydrogens (tertiary/aromatic N) is 1. The smallest absolute Gasteiger partial charge is 0.416 e. The summed E-state index contributed by atoms with van der Waals surface area (Å²) < 4.78 is 1.15. The Hall–Kier alpha value is -1.48.